The van der Waals surface area contributed by atoms with Gasteiger partial charge < -0.3 is 10.2 Å². The molecule has 2 aliphatic heterocycles. The lowest BCUT2D eigenvalue weighted by atomic mass is 9.67. The van der Waals surface area contributed by atoms with Gasteiger partial charge in [0, 0.05) is 24.0 Å². The quantitative estimate of drug-likeness (QED) is 0.839. The maximum atomic E-state index is 6.41. The van der Waals surface area contributed by atoms with Crippen LogP contribution in [0.4, 0.5) is 0 Å². The van der Waals surface area contributed by atoms with E-state index in [0.717, 1.165) is 18.1 Å². The number of hydrogen-bond acceptors (Lipinski definition) is 2. The van der Waals surface area contributed by atoms with E-state index in [0.29, 0.717) is 11.3 Å². The number of halogens is 1. The third-order valence-corrected chi connectivity index (χ3v) is 5.09. The van der Waals surface area contributed by atoms with Crippen molar-refractivity contribution in [2.75, 3.05) is 33.2 Å². The summed E-state index contributed by atoms with van der Waals surface area (Å²) in [6, 6.07) is 8.37. The second-order valence-electron chi connectivity index (χ2n) is 5.88. The molecular weight excluding hydrogens is 244 g/mol. The lowest BCUT2D eigenvalue weighted by molar-refractivity contribution is 0.170. The predicted molar refractivity (Wildman–Crippen MR) is 76.2 cm³/mol. The Bertz CT molecular complexity index is 430. The van der Waals surface area contributed by atoms with E-state index in [4.69, 9.17) is 11.6 Å². The highest BCUT2D eigenvalue weighted by Gasteiger charge is 2.45. The van der Waals surface area contributed by atoms with E-state index >= 15 is 0 Å². The number of benzene rings is 1. The van der Waals surface area contributed by atoms with Gasteiger partial charge in [0.25, 0.3) is 0 Å². The fourth-order valence-corrected chi connectivity index (χ4v) is 4.04. The Balaban J connectivity index is 1.96. The van der Waals surface area contributed by atoms with Crippen molar-refractivity contribution < 1.29 is 0 Å². The molecule has 2 atom stereocenters. The van der Waals surface area contributed by atoms with Crippen molar-refractivity contribution in [3.8, 4) is 0 Å². The predicted octanol–water partition coefficient (Wildman–Crippen LogP) is 2.74. The molecule has 2 heterocycles. The maximum Gasteiger partial charge on any atom is 0.0441 e. The number of piperidine rings is 1. The molecule has 1 N–H and O–H groups in total. The third kappa shape index (κ3) is 2.07. The summed E-state index contributed by atoms with van der Waals surface area (Å²) in [5.74, 6) is 0.560. The third-order valence-electron chi connectivity index (χ3n) is 4.74. The summed E-state index contributed by atoms with van der Waals surface area (Å²) in [4.78, 5) is 2.47. The van der Waals surface area contributed by atoms with Crippen LogP contribution >= 0.6 is 11.6 Å². The van der Waals surface area contributed by atoms with Gasteiger partial charge >= 0.3 is 0 Å². The summed E-state index contributed by atoms with van der Waals surface area (Å²) < 4.78 is 0. The van der Waals surface area contributed by atoms with Crippen LogP contribution in [0, 0.1) is 5.41 Å². The normalized spacial score (nSPS) is 33.1. The van der Waals surface area contributed by atoms with Gasteiger partial charge in [-0.05, 0) is 50.0 Å². The molecule has 1 aromatic rings. The molecule has 2 unspecified atom stereocenters. The number of likely N-dealkylation sites (tertiary alicyclic amines) is 1. The zero-order valence-electron chi connectivity index (χ0n) is 11.0. The molecular formula is C15H21ClN2. The van der Waals surface area contributed by atoms with Crippen molar-refractivity contribution in [1.29, 1.82) is 0 Å². The zero-order valence-corrected chi connectivity index (χ0v) is 11.7. The second-order valence-corrected chi connectivity index (χ2v) is 6.29. The minimum absolute atomic E-state index is 0.436. The van der Waals surface area contributed by atoms with Gasteiger partial charge in [-0.15, -0.1) is 0 Å². The Hall–Kier alpha value is -0.570. The van der Waals surface area contributed by atoms with Gasteiger partial charge in [0.15, 0.2) is 0 Å². The molecule has 2 saturated heterocycles. The molecule has 3 rings (SSSR count). The molecule has 2 aliphatic rings. The van der Waals surface area contributed by atoms with Crippen LogP contribution in [-0.4, -0.2) is 38.1 Å². The molecule has 3 heteroatoms. The molecule has 0 bridgehead atoms. The summed E-state index contributed by atoms with van der Waals surface area (Å²) >= 11 is 6.41. The smallest absolute Gasteiger partial charge is 0.0441 e. The number of hydrogen-bond donors (Lipinski definition) is 1. The van der Waals surface area contributed by atoms with E-state index in [1.165, 1.54) is 31.5 Å². The zero-order chi connectivity index (χ0) is 12.6. The van der Waals surface area contributed by atoms with E-state index in [1.54, 1.807) is 0 Å². The Labute approximate surface area is 114 Å². The van der Waals surface area contributed by atoms with Gasteiger partial charge in [-0.2, -0.15) is 0 Å². The minimum Gasteiger partial charge on any atom is -0.316 e. The summed E-state index contributed by atoms with van der Waals surface area (Å²) in [6.45, 7) is 4.65. The Morgan fingerprint density at radius 3 is 2.89 bits per heavy atom. The number of nitrogens with zero attached hydrogens (tertiary/aromatic N) is 1. The minimum atomic E-state index is 0.436. The summed E-state index contributed by atoms with van der Waals surface area (Å²) in [5.41, 5.74) is 1.77. The van der Waals surface area contributed by atoms with E-state index < -0.39 is 0 Å². The summed E-state index contributed by atoms with van der Waals surface area (Å²) in [5, 5.41) is 4.48. The van der Waals surface area contributed by atoms with Crippen LogP contribution in [0.3, 0.4) is 0 Å². The monoisotopic (exact) mass is 264 g/mol. The second kappa shape index (κ2) is 4.84. The highest BCUT2D eigenvalue weighted by molar-refractivity contribution is 6.31. The topological polar surface area (TPSA) is 15.3 Å². The molecule has 2 nitrogen and oxygen atoms in total. The van der Waals surface area contributed by atoms with Gasteiger partial charge in [0.05, 0.1) is 0 Å². The average molecular weight is 265 g/mol. The molecule has 0 aliphatic carbocycles. The highest BCUT2D eigenvalue weighted by Crippen LogP contribution is 2.48. The van der Waals surface area contributed by atoms with Gasteiger partial charge in [-0.1, -0.05) is 29.8 Å². The molecule has 18 heavy (non-hydrogen) atoms. The Morgan fingerprint density at radius 1 is 1.33 bits per heavy atom. The molecule has 0 radical (unpaired) electrons. The first-order chi connectivity index (χ1) is 8.71. The van der Waals surface area contributed by atoms with Crippen LogP contribution < -0.4 is 5.32 Å². The van der Waals surface area contributed by atoms with Crippen LogP contribution in [0.2, 0.25) is 5.02 Å². The molecule has 98 valence electrons. The van der Waals surface area contributed by atoms with E-state index in [2.05, 4.69) is 29.4 Å². The average Bonchev–Trinajstić information content (AvgIpc) is 2.73. The molecule has 2 fully saturated rings. The molecule has 0 amide bonds. The fourth-order valence-electron chi connectivity index (χ4n) is 3.77. The largest absolute Gasteiger partial charge is 0.316 e. The van der Waals surface area contributed by atoms with Crippen molar-refractivity contribution in [2.45, 2.75) is 18.8 Å². The van der Waals surface area contributed by atoms with E-state index in [1.807, 2.05) is 12.1 Å². The van der Waals surface area contributed by atoms with Crippen LogP contribution in [-0.2, 0) is 0 Å². The van der Waals surface area contributed by atoms with Crippen LogP contribution in [0.25, 0.3) is 0 Å². The molecule has 0 aromatic heterocycles. The first-order valence-electron chi connectivity index (χ1n) is 6.85. The SMILES string of the molecule is CN1CCC2(CCNCC2c2ccccc2Cl)C1. The summed E-state index contributed by atoms with van der Waals surface area (Å²) in [7, 11) is 2.24. The Kier molecular flexibility index (Phi) is 3.35. The van der Waals surface area contributed by atoms with Gasteiger partial charge in [0.1, 0.15) is 0 Å². The Morgan fingerprint density at radius 2 is 2.17 bits per heavy atom. The van der Waals surface area contributed by atoms with E-state index in [9.17, 15) is 0 Å². The van der Waals surface area contributed by atoms with Gasteiger partial charge in [0.2, 0.25) is 0 Å². The number of rotatable bonds is 1. The van der Waals surface area contributed by atoms with Crippen LogP contribution in [0.5, 0.6) is 0 Å². The maximum absolute atomic E-state index is 6.41. The number of nitrogens with one attached hydrogen (secondary N) is 1. The van der Waals surface area contributed by atoms with Crippen molar-refractivity contribution in [1.82, 2.24) is 10.2 Å². The molecule has 0 saturated carbocycles. The van der Waals surface area contributed by atoms with Crippen LogP contribution in [0.1, 0.15) is 24.3 Å². The standard InChI is InChI=1S/C15H21ClN2/c1-18-9-7-15(11-18)6-8-17-10-13(15)12-4-2-3-5-14(12)16/h2-5,13,17H,6-11H2,1H3. The van der Waals surface area contributed by atoms with Crippen molar-refractivity contribution >= 4 is 11.6 Å². The van der Waals surface area contributed by atoms with E-state index in [-0.39, 0.29) is 0 Å². The first-order valence-corrected chi connectivity index (χ1v) is 7.23. The lowest BCUT2D eigenvalue weighted by Crippen LogP contribution is -2.45. The van der Waals surface area contributed by atoms with Crippen molar-refractivity contribution in [3.63, 3.8) is 0 Å². The molecule has 1 spiro atoms. The summed E-state index contributed by atoms with van der Waals surface area (Å²) in [6.07, 6.45) is 2.58. The van der Waals surface area contributed by atoms with Crippen molar-refractivity contribution in [2.24, 2.45) is 5.41 Å². The van der Waals surface area contributed by atoms with Gasteiger partial charge in [-0.25, -0.2) is 0 Å². The molecule has 1 aromatic carbocycles. The van der Waals surface area contributed by atoms with Crippen LogP contribution in [0.15, 0.2) is 24.3 Å². The first kappa shape index (κ1) is 12.5. The lowest BCUT2D eigenvalue weighted by Gasteiger charge is -2.42. The van der Waals surface area contributed by atoms with Gasteiger partial charge in [-0.3, -0.25) is 0 Å². The fraction of sp³-hybridized carbons (Fsp3) is 0.600. The van der Waals surface area contributed by atoms with Crippen molar-refractivity contribution in [3.05, 3.63) is 34.9 Å². The highest BCUT2D eigenvalue weighted by atomic mass is 35.5.